The molecule has 2 aromatic rings. The molecule has 0 bridgehead atoms. The summed E-state index contributed by atoms with van der Waals surface area (Å²) < 4.78 is 33.9. The molecule has 5 nitrogen and oxygen atoms in total. The minimum Gasteiger partial charge on any atom is -0.379 e. The quantitative estimate of drug-likeness (QED) is 0.581. The third-order valence-corrected chi connectivity index (χ3v) is 6.96. The molecule has 0 saturated carbocycles. The lowest BCUT2D eigenvalue weighted by atomic mass is 10.1. The van der Waals surface area contributed by atoms with Gasteiger partial charge in [-0.25, -0.2) is 13.1 Å². The molecule has 1 aliphatic heterocycles. The summed E-state index contributed by atoms with van der Waals surface area (Å²) in [5.41, 5.74) is 2.06. The molecule has 1 saturated heterocycles. The fourth-order valence-corrected chi connectivity index (χ4v) is 4.81. The Morgan fingerprint density at radius 1 is 1.10 bits per heavy atom. The SMILES string of the molecule is O=S(=O)(NCC(c1cccc(Cl)c1)N1CCOCC1)c1ccc(CCCCl)cc1. The summed E-state index contributed by atoms with van der Waals surface area (Å²) in [5.74, 6) is 0.591. The summed E-state index contributed by atoms with van der Waals surface area (Å²) in [4.78, 5) is 2.49. The van der Waals surface area contributed by atoms with Crippen molar-refractivity contribution in [1.29, 1.82) is 0 Å². The Balaban J connectivity index is 1.73. The molecule has 0 amide bonds. The molecule has 1 atom stereocenters. The van der Waals surface area contributed by atoms with Crippen molar-refractivity contribution < 1.29 is 13.2 Å². The number of aryl methyl sites for hydroxylation is 1. The van der Waals surface area contributed by atoms with Crippen LogP contribution in [0, 0.1) is 0 Å². The number of alkyl halides is 1. The van der Waals surface area contributed by atoms with Crippen molar-refractivity contribution in [3.8, 4) is 0 Å². The third-order valence-electron chi connectivity index (χ3n) is 5.02. The Kier molecular flexibility index (Phi) is 8.35. The summed E-state index contributed by atoms with van der Waals surface area (Å²) >= 11 is 11.9. The maximum atomic E-state index is 12.8. The number of nitrogens with one attached hydrogen (secondary N) is 1. The highest BCUT2D eigenvalue weighted by Gasteiger charge is 2.25. The second-order valence-electron chi connectivity index (χ2n) is 7.01. The van der Waals surface area contributed by atoms with Gasteiger partial charge in [0.2, 0.25) is 10.0 Å². The normalized spacial score (nSPS) is 16.6. The molecule has 0 radical (unpaired) electrons. The van der Waals surface area contributed by atoms with Crippen molar-refractivity contribution in [2.24, 2.45) is 0 Å². The van der Waals surface area contributed by atoms with E-state index in [-0.39, 0.29) is 17.5 Å². The number of sulfonamides is 1. The van der Waals surface area contributed by atoms with Crippen LogP contribution in [0.4, 0.5) is 0 Å². The van der Waals surface area contributed by atoms with Crippen LogP contribution in [0.3, 0.4) is 0 Å². The number of halogens is 2. The van der Waals surface area contributed by atoms with Gasteiger partial charge in [0.15, 0.2) is 0 Å². The Bertz CT molecular complexity index is 885. The molecule has 1 unspecified atom stereocenters. The van der Waals surface area contributed by atoms with Crippen molar-refractivity contribution in [3.63, 3.8) is 0 Å². The molecule has 3 rings (SSSR count). The fourth-order valence-electron chi connectivity index (χ4n) is 3.44. The van der Waals surface area contributed by atoms with Crippen LogP contribution in [-0.2, 0) is 21.2 Å². The van der Waals surface area contributed by atoms with Crippen molar-refractivity contribution in [2.75, 3.05) is 38.7 Å². The van der Waals surface area contributed by atoms with E-state index in [1.54, 1.807) is 12.1 Å². The first kappa shape index (κ1) is 22.5. The zero-order chi connectivity index (χ0) is 20.7. The second kappa shape index (κ2) is 10.8. The van der Waals surface area contributed by atoms with Gasteiger partial charge < -0.3 is 4.74 Å². The standard InChI is InChI=1S/C21H26Cl2N2O3S/c22-10-2-3-17-6-8-20(9-7-17)29(26,27)24-16-21(25-11-13-28-14-12-25)18-4-1-5-19(23)15-18/h1,4-9,15,21,24H,2-3,10-14,16H2. The van der Waals surface area contributed by atoms with Crippen molar-refractivity contribution in [1.82, 2.24) is 9.62 Å². The van der Waals surface area contributed by atoms with E-state index in [4.69, 9.17) is 27.9 Å². The third kappa shape index (κ3) is 6.41. The van der Waals surface area contributed by atoms with Gasteiger partial charge >= 0.3 is 0 Å². The van der Waals surface area contributed by atoms with E-state index in [2.05, 4.69) is 9.62 Å². The number of ether oxygens (including phenoxy) is 1. The van der Waals surface area contributed by atoms with Gasteiger partial charge in [-0.1, -0.05) is 35.9 Å². The highest BCUT2D eigenvalue weighted by molar-refractivity contribution is 7.89. The van der Waals surface area contributed by atoms with E-state index in [1.807, 2.05) is 36.4 Å². The van der Waals surface area contributed by atoms with E-state index >= 15 is 0 Å². The van der Waals surface area contributed by atoms with Crippen LogP contribution in [0.2, 0.25) is 5.02 Å². The molecule has 8 heteroatoms. The van der Waals surface area contributed by atoms with Gasteiger partial charge in [0.05, 0.1) is 18.1 Å². The number of hydrogen-bond acceptors (Lipinski definition) is 4. The average molecular weight is 457 g/mol. The monoisotopic (exact) mass is 456 g/mol. The molecule has 0 aliphatic carbocycles. The van der Waals surface area contributed by atoms with Crippen LogP contribution in [0.25, 0.3) is 0 Å². The van der Waals surface area contributed by atoms with Gasteiger partial charge in [0, 0.05) is 36.6 Å². The molecule has 1 heterocycles. The Hall–Kier alpha value is -1.15. The highest BCUT2D eigenvalue weighted by atomic mass is 35.5. The van der Waals surface area contributed by atoms with Crippen LogP contribution >= 0.6 is 23.2 Å². The lowest BCUT2D eigenvalue weighted by Crippen LogP contribution is -2.43. The Labute approximate surface area is 183 Å². The van der Waals surface area contributed by atoms with Gasteiger partial charge in [0.1, 0.15) is 0 Å². The number of nitrogens with zero attached hydrogens (tertiary/aromatic N) is 1. The van der Waals surface area contributed by atoms with Crippen LogP contribution < -0.4 is 4.72 Å². The predicted molar refractivity (Wildman–Crippen MR) is 117 cm³/mol. The molecule has 2 aromatic carbocycles. The maximum absolute atomic E-state index is 12.8. The van der Waals surface area contributed by atoms with Crippen LogP contribution in [-0.4, -0.2) is 52.0 Å². The van der Waals surface area contributed by atoms with E-state index in [1.165, 1.54) is 0 Å². The number of rotatable bonds is 9. The predicted octanol–water partition coefficient (Wildman–Crippen LogP) is 3.86. The largest absolute Gasteiger partial charge is 0.379 e. The first-order valence-electron chi connectivity index (χ1n) is 9.71. The first-order valence-corrected chi connectivity index (χ1v) is 12.1. The van der Waals surface area contributed by atoms with Crippen molar-refractivity contribution in [3.05, 3.63) is 64.7 Å². The number of hydrogen-bond donors (Lipinski definition) is 1. The van der Waals surface area contributed by atoms with Crippen LogP contribution in [0.15, 0.2) is 53.4 Å². The molecule has 1 fully saturated rings. The van der Waals surface area contributed by atoms with Crippen molar-refractivity contribution in [2.45, 2.75) is 23.8 Å². The topological polar surface area (TPSA) is 58.6 Å². The van der Waals surface area contributed by atoms with E-state index < -0.39 is 10.0 Å². The summed E-state index contributed by atoms with van der Waals surface area (Å²) in [6.07, 6.45) is 1.71. The molecule has 1 aliphatic rings. The molecule has 158 valence electrons. The van der Waals surface area contributed by atoms with E-state index in [0.29, 0.717) is 24.1 Å². The van der Waals surface area contributed by atoms with Gasteiger partial charge in [-0.05, 0) is 48.2 Å². The second-order valence-corrected chi connectivity index (χ2v) is 9.59. The van der Waals surface area contributed by atoms with Gasteiger partial charge in [0.25, 0.3) is 0 Å². The Morgan fingerprint density at radius 3 is 2.48 bits per heavy atom. The molecular weight excluding hydrogens is 431 g/mol. The lowest BCUT2D eigenvalue weighted by Gasteiger charge is -2.35. The van der Waals surface area contributed by atoms with Gasteiger partial charge in [-0.3, -0.25) is 4.90 Å². The first-order chi connectivity index (χ1) is 14.0. The smallest absolute Gasteiger partial charge is 0.240 e. The van der Waals surface area contributed by atoms with Crippen LogP contribution in [0.1, 0.15) is 23.6 Å². The zero-order valence-corrected chi connectivity index (χ0v) is 18.5. The van der Waals surface area contributed by atoms with Gasteiger partial charge in [-0.15, -0.1) is 11.6 Å². The molecule has 0 aromatic heterocycles. The molecular formula is C21H26Cl2N2O3S. The summed E-state index contributed by atoms with van der Waals surface area (Å²) in [5, 5.41) is 0.635. The molecule has 1 N–H and O–H groups in total. The Morgan fingerprint density at radius 2 is 1.83 bits per heavy atom. The van der Waals surface area contributed by atoms with E-state index in [0.717, 1.165) is 37.1 Å². The molecule has 29 heavy (non-hydrogen) atoms. The maximum Gasteiger partial charge on any atom is 0.240 e. The summed E-state index contributed by atoms with van der Waals surface area (Å²) in [6.45, 7) is 3.01. The van der Waals surface area contributed by atoms with E-state index in [9.17, 15) is 8.42 Å². The van der Waals surface area contributed by atoms with Crippen molar-refractivity contribution >= 4 is 33.2 Å². The number of benzene rings is 2. The highest BCUT2D eigenvalue weighted by Crippen LogP contribution is 2.24. The minimum atomic E-state index is -3.62. The molecule has 0 spiro atoms. The minimum absolute atomic E-state index is 0.115. The van der Waals surface area contributed by atoms with Gasteiger partial charge in [-0.2, -0.15) is 0 Å². The average Bonchev–Trinajstić information content (AvgIpc) is 2.73. The van der Waals surface area contributed by atoms with Crippen LogP contribution in [0.5, 0.6) is 0 Å². The summed E-state index contributed by atoms with van der Waals surface area (Å²) in [7, 11) is -3.62. The zero-order valence-electron chi connectivity index (χ0n) is 16.2. The number of morpholine rings is 1. The fraction of sp³-hybridized carbons (Fsp3) is 0.429. The summed E-state index contributed by atoms with van der Waals surface area (Å²) in [6, 6.07) is 14.4. The lowest BCUT2D eigenvalue weighted by molar-refractivity contribution is 0.0172.